The lowest BCUT2D eigenvalue weighted by Crippen LogP contribution is -2.16. The van der Waals surface area contributed by atoms with Gasteiger partial charge in [0.2, 0.25) is 0 Å². The fourth-order valence-electron chi connectivity index (χ4n) is 1.09. The molecular weight excluding hydrogens is 255 g/mol. The van der Waals surface area contributed by atoms with Crippen molar-refractivity contribution in [1.82, 2.24) is 0 Å². The number of halogens is 2. The molecule has 1 unspecified atom stereocenters. The topological polar surface area (TPSA) is 57.5 Å². The van der Waals surface area contributed by atoms with Crippen molar-refractivity contribution in [3.8, 4) is 0 Å². The van der Waals surface area contributed by atoms with Gasteiger partial charge in [-0.25, -0.2) is 4.39 Å². The third-order valence-corrected chi connectivity index (χ3v) is 2.31. The largest absolute Gasteiger partial charge is 0.481 e. The molecule has 0 spiro atoms. The van der Waals surface area contributed by atoms with Crippen molar-refractivity contribution >= 4 is 21.9 Å². The highest BCUT2D eigenvalue weighted by molar-refractivity contribution is 9.10. The quantitative estimate of drug-likeness (QED) is 0.873. The molecule has 0 amide bonds. The van der Waals surface area contributed by atoms with Gasteiger partial charge in [-0.3, -0.25) is 4.79 Å². The average molecular weight is 263 g/mol. The first-order chi connectivity index (χ1) is 6.56. The summed E-state index contributed by atoms with van der Waals surface area (Å²) in [7, 11) is 0. The van der Waals surface area contributed by atoms with Gasteiger partial charge in [0.1, 0.15) is 11.7 Å². The number of aliphatic hydroxyl groups is 1. The van der Waals surface area contributed by atoms with E-state index in [4.69, 9.17) is 10.2 Å². The highest BCUT2D eigenvalue weighted by atomic mass is 79.9. The van der Waals surface area contributed by atoms with E-state index < -0.39 is 24.3 Å². The summed E-state index contributed by atoms with van der Waals surface area (Å²) < 4.78 is 13.7. The first kappa shape index (κ1) is 11.1. The van der Waals surface area contributed by atoms with Gasteiger partial charge in [0, 0.05) is 10.0 Å². The van der Waals surface area contributed by atoms with Crippen molar-refractivity contribution in [1.29, 1.82) is 0 Å². The van der Waals surface area contributed by atoms with Crippen LogP contribution in [0.2, 0.25) is 0 Å². The zero-order valence-corrected chi connectivity index (χ0v) is 8.66. The number of carboxylic acids is 1. The molecule has 2 N–H and O–H groups in total. The van der Waals surface area contributed by atoms with Crippen LogP contribution >= 0.6 is 15.9 Å². The maximum absolute atomic E-state index is 13.2. The molecule has 1 aromatic carbocycles. The first-order valence-electron chi connectivity index (χ1n) is 3.85. The smallest absolute Gasteiger partial charge is 0.313 e. The maximum Gasteiger partial charge on any atom is 0.313 e. The van der Waals surface area contributed by atoms with Crippen molar-refractivity contribution in [2.24, 2.45) is 0 Å². The molecule has 0 aliphatic rings. The molecule has 5 heteroatoms. The standard InChI is InChI=1S/C9H8BrFO3/c10-5-1-2-8(11)6(3-5)7(4-12)9(13)14/h1-3,7,12H,4H2,(H,13,14). The molecule has 0 radical (unpaired) electrons. The Morgan fingerprint density at radius 1 is 1.57 bits per heavy atom. The summed E-state index contributed by atoms with van der Waals surface area (Å²) in [5.74, 6) is -3.09. The summed E-state index contributed by atoms with van der Waals surface area (Å²) in [4.78, 5) is 10.7. The number of benzene rings is 1. The van der Waals surface area contributed by atoms with Gasteiger partial charge in [0.15, 0.2) is 0 Å². The van der Waals surface area contributed by atoms with Crippen LogP contribution in [0.4, 0.5) is 4.39 Å². The zero-order valence-electron chi connectivity index (χ0n) is 7.08. The number of carbonyl (C=O) groups is 1. The number of aliphatic hydroxyl groups excluding tert-OH is 1. The molecular formula is C9H8BrFO3. The summed E-state index contributed by atoms with van der Waals surface area (Å²) in [5.41, 5.74) is -0.0191. The van der Waals surface area contributed by atoms with Gasteiger partial charge >= 0.3 is 5.97 Å². The molecule has 0 saturated heterocycles. The summed E-state index contributed by atoms with van der Waals surface area (Å²) in [5, 5.41) is 17.5. The number of hydrogen-bond acceptors (Lipinski definition) is 2. The van der Waals surface area contributed by atoms with Gasteiger partial charge in [-0.15, -0.1) is 0 Å². The molecule has 0 aromatic heterocycles. The van der Waals surface area contributed by atoms with E-state index in [-0.39, 0.29) is 5.56 Å². The second kappa shape index (κ2) is 4.52. The molecule has 0 aliphatic carbocycles. The predicted molar refractivity (Wildman–Crippen MR) is 51.6 cm³/mol. The van der Waals surface area contributed by atoms with Crippen molar-refractivity contribution in [2.45, 2.75) is 5.92 Å². The Labute approximate surface area is 88.3 Å². The minimum absolute atomic E-state index is 0.0191. The van der Waals surface area contributed by atoms with E-state index in [9.17, 15) is 9.18 Å². The number of aliphatic carboxylic acids is 1. The lowest BCUT2D eigenvalue weighted by atomic mass is 10.00. The first-order valence-corrected chi connectivity index (χ1v) is 4.64. The summed E-state index contributed by atoms with van der Waals surface area (Å²) in [6.07, 6.45) is 0. The SMILES string of the molecule is O=C(O)C(CO)c1cc(Br)ccc1F. The Kier molecular flexibility index (Phi) is 3.60. The molecule has 76 valence electrons. The van der Waals surface area contributed by atoms with Crippen LogP contribution in [0.5, 0.6) is 0 Å². The van der Waals surface area contributed by atoms with E-state index in [1.165, 1.54) is 12.1 Å². The third kappa shape index (κ3) is 2.30. The molecule has 0 bridgehead atoms. The van der Waals surface area contributed by atoms with Crippen molar-refractivity contribution in [3.63, 3.8) is 0 Å². The normalized spacial score (nSPS) is 12.5. The molecule has 1 aromatic rings. The Hall–Kier alpha value is -0.940. The average Bonchev–Trinajstić information content (AvgIpc) is 2.11. The molecule has 14 heavy (non-hydrogen) atoms. The van der Waals surface area contributed by atoms with Gasteiger partial charge in [-0.1, -0.05) is 15.9 Å². The van der Waals surface area contributed by atoms with Gasteiger partial charge < -0.3 is 10.2 Å². The molecule has 1 rings (SSSR count). The van der Waals surface area contributed by atoms with Crippen molar-refractivity contribution < 1.29 is 19.4 Å². The lowest BCUT2D eigenvalue weighted by molar-refractivity contribution is -0.139. The van der Waals surface area contributed by atoms with Crippen LogP contribution in [0.3, 0.4) is 0 Å². The molecule has 0 fully saturated rings. The van der Waals surface area contributed by atoms with Crippen molar-refractivity contribution in [2.75, 3.05) is 6.61 Å². The molecule has 0 heterocycles. The number of hydrogen-bond donors (Lipinski definition) is 2. The Morgan fingerprint density at radius 3 is 2.71 bits per heavy atom. The van der Waals surface area contributed by atoms with Gasteiger partial charge in [-0.2, -0.15) is 0 Å². The highest BCUT2D eigenvalue weighted by Crippen LogP contribution is 2.23. The molecule has 3 nitrogen and oxygen atoms in total. The van der Waals surface area contributed by atoms with E-state index in [1.54, 1.807) is 0 Å². The second-order valence-corrected chi connectivity index (χ2v) is 3.65. The van der Waals surface area contributed by atoms with E-state index in [1.807, 2.05) is 0 Å². The van der Waals surface area contributed by atoms with Crippen LogP contribution in [-0.2, 0) is 4.79 Å². The second-order valence-electron chi connectivity index (χ2n) is 2.74. The lowest BCUT2D eigenvalue weighted by Gasteiger charge is -2.10. The Bertz CT molecular complexity index is 354. The minimum atomic E-state index is -1.25. The summed E-state index contributed by atoms with van der Waals surface area (Å²) >= 11 is 3.10. The van der Waals surface area contributed by atoms with Crippen LogP contribution in [0, 0.1) is 5.82 Å². The van der Waals surface area contributed by atoms with E-state index >= 15 is 0 Å². The van der Waals surface area contributed by atoms with E-state index in [2.05, 4.69) is 15.9 Å². The van der Waals surface area contributed by atoms with Crippen LogP contribution in [-0.4, -0.2) is 22.8 Å². The van der Waals surface area contributed by atoms with Crippen LogP contribution in [0.25, 0.3) is 0 Å². The monoisotopic (exact) mass is 262 g/mol. The Morgan fingerprint density at radius 2 is 2.21 bits per heavy atom. The maximum atomic E-state index is 13.2. The minimum Gasteiger partial charge on any atom is -0.481 e. The Balaban J connectivity index is 3.15. The van der Waals surface area contributed by atoms with Gasteiger partial charge in [-0.05, 0) is 18.2 Å². The highest BCUT2D eigenvalue weighted by Gasteiger charge is 2.22. The molecule has 0 saturated carbocycles. The summed E-state index contributed by atoms with van der Waals surface area (Å²) in [6, 6.07) is 3.98. The molecule has 1 atom stereocenters. The van der Waals surface area contributed by atoms with Gasteiger partial charge in [0.25, 0.3) is 0 Å². The van der Waals surface area contributed by atoms with Crippen LogP contribution in [0.1, 0.15) is 11.5 Å². The fraction of sp³-hybridized carbons (Fsp3) is 0.222. The zero-order chi connectivity index (χ0) is 10.7. The molecule has 0 aliphatic heterocycles. The predicted octanol–water partition coefficient (Wildman–Crippen LogP) is 1.75. The number of rotatable bonds is 3. The van der Waals surface area contributed by atoms with E-state index in [0.717, 1.165) is 6.07 Å². The fourth-order valence-corrected chi connectivity index (χ4v) is 1.47. The van der Waals surface area contributed by atoms with Crippen LogP contribution in [0.15, 0.2) is 22.7 Å². The number of carboxylic acid groups (broad SMARTS) is 1. The van der Waals surface area contributed by atoms with Gasteiger partial charge in [0.05, 0.1) is 6.61 Å². The summed E-state index contributed by atoms with van der Waals surface area (Å²) in [6.45, 7) is -0.622. The van der Waals surface area contributed by atoms with Crippen LogP contribution < -0.4 is 0 Å². The third-order valence-electron chi connectivity index (χ3n) is 1.81. The van der Waals surface area contributed by atoms with E-state index in [0.29, 0.717) is 4.47 Å². The van der Waals surface area contributed by atoms with Crippen molar-refractivity contribution in [3.05, 3.63) is 34.1 Å².